The van der Waals surface area contributed by atoms with Gasteiger partial charge in [0.15, 0.2) is 0 Å². The first-order valence-corrected chi connectivity index (χ1v) is 5.66. The Labute approximate surface area is 86.3 Å². The summed E-state index contributed by atoms with van der Waals surface area (Å²) in [6.07, 6.45) is 10.1. The fourth-order valence-corrected chi connectivity index (χ4v) is 1.48. The van der Waals surface area contributed by atoms with Gasteiger partial charge in [-0.15, -0.1) is 0 Å². The minimum absolute atomic E-state index is 0.0441. The molecule has 0 aromatic heterocycles. The van der Waals surface area contributed by atoms with Crippen LogP contribution in [-0.2, 0) is 9.53 Å². The molecule has 1 rings (SSSR count). The third-order valence-corrected chi connectivity index (χ3v) is 2.43. The lowest BCUT2D eigenvalue weighted by Gasteiger charge is -2.01. The van der Waals surface area contributed by atoms with Gasteiger partial charge in [-0.25, -0.2) is 0 Å². The maximum atomic E-state index is 11.0. The normalized spacial score (nSPS) is 13.6. The molecule has 0 radical (unpaired) electrons. The van der Waals surface area contributed by atoms with Crippen molar-refractivity contribution in [2.75, 3.05) is 6.61 Å². The Bertz CT molecular complexity index is 206. The molecule has 0 N–H and O–H groups in total. The van der Waals surface area contributed by atoms with E-state index in [-0.39, 0.29) is 5.97 Å². The van der Waals surface area contributed by atoms with Crippen LogP contribution in [0.4, 0.5) is 0 Å². The Hall–Kier alpha value is -0.790. The van der Waals surface area contributed by atoms with Gasteiger partial charge in [-0.2, -0.15) is 0 Å². The molecule has 0 atom stereocenters. The van der Waals surface area contributed by atoms with Gasteiger partial charge in [-0.1, -0.05) is 24.5 Å². The number of carbonyl (C=O) groups excluding carboxylic acids is 1. The zero-order chi connectivity index (χ0) is 10.2. The van der Waals surface area contributed by atoms with Gasteiger partial charge in [0.2, 0.25) is 0 Å². The summed E-state index contributed by atoms with van der Waals surface area (Å²) in [5.74, 6) is -0.0441. The maximum Gasteiger partial charge on any atom is 0.305 e. The molecule has 1 aliphatic carbocycles. The Morgan fingerprint density at radius 3 is 2.71 bits per heavy atom. The first-order chi connectivity index (χ1) is 6.83. The van der Waals surface area contributed by atoms with Gasteiger partial charge >= 0.3 is 5.97 Å². The second-order valence-corrected chi connectivity index (χ2v) is 3.79. The van der Waals surface area contributed by atoms with Crippen LogP contribution in [0.3, 0.4) is 0 Å². The minimum Gasteiger partial charge on any atom is -0.466 e. The first kappa shape index (κ1) is 11.3. The summed E-state index contributed by atoms with van der Waals surface area (Å²) < 4.78 is 4.85. The maximum absolute atomic E-state index is 11.0. The van der Waals surface area contributed by atoms with Crippen LogP contribution in [0.5, 0.6) is 0 Å². The second-order valence-electron chi connectivity index (χ2n) is 3.79. The lowest BCUT2D eigenvalue weighted by molar-refractivity contribution is -0.143. The summed E-state index contributed by atoms with van der Waals surface area (Å²) in [6, 6.07) is 0. The monoisotopic (exact) mass is 196 g/mol. The van der Waals surface area contributed by atoms with Gasteiger partial charge < -0.3 is 4.74 Å². The molecule has 0 bridgehead atoms. The van der Waals surface area contributed by atoms with Gasteiger partial charge in [0.05, 0.1) is 6.61 Å². The standard InChI is InChI=1S/C12H20O2/c1-2-14-12(13)8-6-4-3-5-7-11-9-10-11/h9H,2-8,10H2,1H3. The zero-order valence-electron chi connectivity index (χ0n) is 9.05. The van der Waals surface area contributed by atoms with E-state index in [9.17, 15) is 4.79 Å². The van der Waals surface area contributed by atoms with Crippen molar-refractivity contribution in [1.29, 1.82) is 0 Å². The van der Waals surface area contributed by atoms with Crippen LogP contribution in [0.2, 0.25) is 0 Å². The van der Waals surface area contributed by atoms with Gasteiger partial charge in [-0.3, -0.25) is 4.79 Å². The average molecular weight is 196 g/mol. The molecule has 0 fully saturated rings. The fourth-order valence-electron chi connectivity index (χ4n) is 1.48. The SMILES string of the molecule is CCOC(=O)CCCCCCC1=CC1. The molecule has 0 saturated carbocycles. The molecule has 14 heavy (non-hydrogen) atoms. The van der Waals surface area contributed by atoms with Gasteiger partial charge in [0, 0.05) is 6.42 Å². The number of ether oxygens (including phenoxy) is 1. The van der Waals surface area contributed by atoms with Crippen LogP contribution in [-0.4, -0.2) is 12.6 Å². The van der Waals surface area contributed by atoms with E-state index >= 15 is 0 Å². The molecule has 1 aliphatic rings. The third-order valence-electron chi connectivity index (χ3n) is 2.43. The van der Waals surface area contributed by atoms with Gasteiger partial charge in [-0.05, 0) is 32.6 Å². The molecular formula is C12H20O2. The minimum atomic E-state index is -0.0441. The largest absolute Gasteiger partial charge is 0.466 e. The van der Waals surface area contributed by atoms with E-state index in [0.29, 0.717) is 13.0 Å². The predicted octanol–water partition coefficient (Wildman–Crippen LogP) is 3.22. The van der Waals surface area contributed by atoms with E-state index in [1.54, 1.807) is 5.57 Å². The third kappa shape index (κ3) is 5.79. The topological polar surface area (TPSA) is 26.3 Å². The highest BCUT2D eigenvalue weighted by Crippen LogP contribution is 2.24. The van der Waals surface area contributed by atoms with E-state index in [4.69, 9.17) is 4.74 Å². The smallest absolute Gasteiger partial charge is 0.305 e. The van der Waals surface area contributed by atoms with Crippen molar-refractivity contribution in [2.45, 2.75) is 51.9 Å². The number of hydrogen-bond acceptors (Lipinski definition) is 2. The van der Waals surface area contributed by atoms with Crippen LogP contribution in [0.1, 0.15) is 51.9 Å². The molecule has 0 saturated heterocycles. The van der Waals surface area contributed by atoms with Crippen LogP contribution in [0.25, 0.3) is 0 Å². The van der Waals surface area contributed by atoms with Crippen LogP contribution >= 0.6 is 0 Å². The Balaban J connectivity index is 1.78. The molecule has 80 valence electrons. The van der Waals surface area contributed by atoms with E-state index < -0.39 is 0 Å². The molecule has 0 aromatic carbocycles. The summed E-state index contributed by atoms with van der Waals surface area (Å²) >= 11 is 0. The van der Waals surface area contributed by atoms with Crippen molar-refractivity contribution in [3.63, 3.8) is 0 Å². The van der Waals surface area contributed by atoms with Crippen molar-refractivity contribution >= 4 is 5.97 Å². The van der Waals surface area contributed by atoms with Crippen molar-refractivity contribution in [3.05, 3.63) is 11.6 Å². The molecule has 0 aliphatic heterocycles. The van der Waals surface area contributed by atoms with Gasteiger partial charge in [0.25, 0.3) is 0 Å². The molecule has 2 nitrogen and oxygen atoms in total. The van der Waals surface area contributed by atoms with Crippen LogP contribution in [0.15, 0.2) is 11.6 Å². The summed E-state index contributed by atoms with van der Waals surface area (Å²) in [4.78, 5) is 11.0. The highest BCUT2D eigenvalue weighted by Gasteiger charge is 2.05. The fraction of sp³-hybridized carbons (Fsp3) is 0.750. The van der Waals surface area contributed by atoms with Crippen LogP contribution in [0, 0.1) is 0 Å². The lowest BCUT2D eigenvalue weighted by atomic mass is 10.1. The summed E-state index contributed by atoms with van der Waals surface area (Å²) in [7, 11) is 0. The molecular weight excluding hydrogens is 176 g/mol. The average Bonchev–Trinajstić information content (AvgIpc) is 2.95. The Morgan fingerprint density at radius 1 is 1.36 bits per heavy atom. The van der Waals surface area contributed by atoms with E-state index in [1.807, 2.05) is 6.92 Å². The number of rotatable bonds is 8. The van der Waals surface area contributed by atoms with Crippen molar-refractivity contribution in [3.8, 4) is 0 Å². The zero-order valence-corrected chi connectivity index (χ0v) is 9.05. The lowest BCUT2D eigenvalue weighted by Crippen LogP contribution is -2.03. The van der Waals surface area contributed by atoms with Crippen molar-refractivity contribution in [2.24, 2.45) is 0 Å². The van der Waals surface area contributed by atoms with Crippen molar-refractivity contribution in [1.82, 2.24) is 0 Å². The van der Waals surface area contributed by atoms with Crippen LogP contribution < -0.4 is 0 Å². The summed E-state index contributed by atoms with van der Waals surface area (Å²) in [6.45, 7) is 2.36. The molecule has 0 spiro atoms. The number of carbonyl (C=O) groups is 1. The highest BCUT2D eigenvalue weighted by molar-refractivity contribution is 5.69. The quantitative estimate of drug-likeness (QED) is 0.338. The summed E-state index contributed by atoms with van der Waals surface area (Å²) in [5.41, 5.74) is 1.62. The predicted molar refractivity (Wildman–Crippen MR) is 57.0 cm³/mol. The number of unbranched alkanes of at least 4 members (excludes halogenated alkanes) is 3. The molecule has 0 unspecified atom stereocenters. The van der Waals surface area contributed by atoms with Gasteiger partial charge in [0.1, 0.15) is 0 Å². The number of esters is 1. The molecule has 2 heteroatoms. The summed E-state index contributed by atoms with van der Waals surface area (Å²) in [5, 5.41) is 0. The molecule has 0 aromatic rings. The Morgan fingerprint density at radius 2 is 2.07 bits per heavy atom. The number of allylic oxidation sites excluding steroid dienone is 2. The van der Waals surface area contributed by atoms with E-state index in [2.05, 4.69) is 6.08 Å². The van der Waals surface area contributed by atoms with Crippen molar-refractivity contribution < 1.29 is 9.53 Å². The Kier molecular flexibility index (Phi) is 5.35. The molecule has 0 heterocycles. The highest BCUT2D eigenvalue weighted by atomic mass is 16.5. The first-order valence-electron chi connectivity index (χ1n) is 5.66. The van der Waals surface area contributed by atoms with E-state index in [0.717, 1.165) is 12.8 Å². The van der Waals surface area contributed by atoms with E-state index in [1.165, 1.54) is 25.7 Å². The number of hydrogen-bond donors (Lipinski definition) is 0. The second kappa shape index (κ2) is 6.63. The molecule has 0 amide bonds.